The fourth-order valence-electron chi connectivity index (χ4n) is 0.0568. The second-order valence-corrected chi connectivity index (χ2v) is 0.898. The van der Waals surface area contributed by atoms with E-state index in [0.717, 1.165) is 0 Å². The van der Waals surface area contributed by atoms with Gasteiger partial charge in [-0.1, -0.05) is 0 Å². The SMILES string of the molecule is Cl.N=C(N)N(N)C=O. The number of halogens is 1. The number of nitrogens with zero attached hydrogens (tertiary/aromatic N) is 1. The Morgan fingerprint density at radius 1 is 1.75 bits per heavy atom. The molecular formula is C2H7ClN4O. The highest BCUT2D eigenvalue weighted by molar-refractivity contribution is 5.85. The van der Waals surface area contributed by atoms with Crippen molar-refractivity contribution in [3.05, 3.63) is 0 Å². The standard InChI is InChI=1S/C2H6N4O.ClH/c3-2(4)6(5)1-7;/h1H,5H2,(H3,3,4);1H. The molecule has 0 bridgehead atoms. The maximum Gasteiger partial charge on any atom is 0.230 e. The van der Waals surface area contributed by atoms with Crippen molar-refractivity contribution >= 4 is 24.8 Å². The number of rotatable bonds is 1. The number of carbonyl (C=O) groups excluding carboxylic acids is 1. The van der Waals surface area contributed by atoms with Crippen LogP contribution in [-0.2, 0) is 4.79 Å². The number of hydrogen-bond acceptors (Lipinski definition) is 3. The minimum Gasteiger partial charge on any atom is -0.369 e. The van der Waals surface area contributed by atoms with Gasteiger partial charge in [0.25, 0.3) is 0 Å². The van der Waals surface area contributed by atoms with Gasteiger partial charge in [-0.25, -0.2) is 10.9 Å². The van der Waals surface area contributed by atoms with E-state index in [1.165, 1.54) is 0 Å². The smallest absolute Gasteiger partial charge is 0.230 e. The Hall–Kier alpha value is -0.810. The van der Waals surface area contributed by atoms with Crippen molar-refractivity contribution in [2.75, 3.05) is 0 Å². The number of nitrogens with two attached hydrogens (primary N) is 2. The van der Waals surface area contributed by atoms with E-state index in [9.17, 15) is 4.79 Å². The maximum atomic E-state index is 9.53. The summed E-state index contributed by atoms with van der Waals surface area (Å²) in [5.74, 6) is 4.27. The molecule has 0 aromatic heterocycles. The Morgan fingerprint density at radius 3 is 2.12 bits per heavy atom. The van der Waals surface area contributed by atoms with Crippen molar-refractivity contribution in [1.29, 1.82) is 5.41 Å². The number of nitrogens with one attached hydrogen (secondary N) is 1. The summed E-state index contributed by atoms with van der Waals surface area (Å²) < 4.78 is 0. The van der Waals surface area contributed by atoms with Crippen molar-refractivity contribution in [2.24, 2.45) is 11.6 Å². The normalized spacial score (nSPS) is 6.62. The number of hydrogen-bond donors (Lipinski definition) is 3. The first kappa shape index (κ1) is 10.2. The van der Waals surface area contributed by atoms with Crippen LogP contribution in [0.4, 0.5) is 0 Å². The lowest BCUT2D eigenvalue weighted by atomic mass is 10.9. The Bertz CT molecular complexity index is 94.0. The molecule has 0 aromatic carbocycles. The Balaban J connectivity index is 0. The van der Waals surface area contributed by atoms with Crippen LogP contribution in [0, 0.1) is 5.41 Å². The molecule has 5 N–H and O–H groups in total. The molecule has 6 heteroatoms. The second kappa shape index (κ2) is 4.35. The van der Waals surface area contributed by atoms with Crippen LogP contribution in [0.1, 0.15) is 0 Å². The molecule has 0 aliphatic heterocycles. The summed E-state index contributed by atoms with van der Waals surface area (Å²) in [6.45, 7) is 0. The fraction of sp³-hybridized carbons (Fsp3) is 0. The zero-order chi connectivity index (χ0) is 5.86. The molecule has 0 rings (SSSR count). The Labute approximate surface area is 52.5 Å². The lowest BCUT2D eigenvalue weighted by molar-refractivity contribution is -0.115. The molecule has 0 aliphatic carbocycles. The molecule has 48 valence electrons. The number of hydrazine groups is 1. The van der Waals surface area contributed by atoms with Crippen LogP contribution in [0.3, 0.4) is 0 Å². The maximum absolute atomic E-state index is 9.53. The first-order valence-corrected chi connectivity index (χ1v) is 1.51. The van der Waals surface area contributed by atoms with E-state index in [1.807, 2.05) is 0 Å². The van der Waals surface area contributed by atoms with Crippen LogP contribution < -0.4 is 11.6 Å². The molecule has 0 saturated carbocycles. The summed E-state index contributed by atoms with van der Waals surface area (Å²) in [5, 5.41) is 6.92. The predicted molar refractivity (Wildman–Crippen MR) is 31.3 cm³/mol. The van der Waals surface area contributed by atoms with E-state index < -0.39 is 5.96 Å². The minimum atomic E-state index is -0.463. The summed E-state index contributed by atoms with van der Waals surface area (Å²) in [7, 11) is 0. The third-order valence-corrected chi connectivity index (χ3v) is 0.392. The van der Waals surface area contributed by atoms with Crippen molar-refractivity contribution in [3.8, 4) is 0 Å². The molecule has 8 heavy (non-hydrogen) atoms. The molecular weight excluding hydrogens is 132 g/mol. The van der Waals surface area contributed by atoms with Crippen LogP contribution in [0.5, 0.6) is 0 Å². The summed E-state index contributed by atoms with van der Waals surface area (Å²) in [6.07, 6.45) is 0.252. The van der Waals surface area contributed by atoms with Crippen molar-refractivity contribution < 1.29 is 4.79 Å². The molecule has 1 amide bonds. The molecule has 0 heterocycles. The monoisotopic (exact) mass is 138 g/mol. The minimum absolute atomic E-state index is 0. The van der Waals surface area contributed by atoms with Crippen molar-refractivity contribution in [2.45, 2.75) is 0 Å². The van der Waals surface area contributed by atoms with E-state index >= 15 is 0 Å². The summed E-state index contributed by atoms with van der Waals surface area (Å²) in [4.78, 5) is 9.53. The van der Waals surface area contributed by atoms with Gasteiger partial charge >= 0.3 is 0 Å². The lowest BCUT2D eigenvalue weighted by Crippen LogP contribution is -2.40. The topological polar surface area (TPSA) is 96.2 Å². The molecule has 0 atom stereocenters. The average molecular weight is 139 g/mol. The molecule has 0 unspecified atom stereocenters. The van der Waals surface area contributed by atoms with Gasteiger partial charge in [0.2, 0.25) is 12.4 Å². The average Bonchev–Trinajstić information content (AvgIpc) is 1.65. The van der Waals surface area contributed by atoms with E-state index in [0.29, 0.717) is 5.01 Å². The Kier molecular flexibility index (Phi) is 5.56. The third-order valence-electron chi connectivity index (χ3n) is 0.392. The number of guanidine groups is 1. The van der Waals surface area contributed by atoms with Gasteiger partial charge < -0.3 is 5.73 Å². The predicted octanol–water partition coefficient (Wildman–Crippen LogP) is -1.37. The highest BCUT2D eigenvalue weighted by Gasteiger charge is 1.91. The largest absolute Gasteiger partial charge is 0.369 e. The fourth-order valence-corrected chi connectivity index (χ4v) is 0.0568. The van der Waals surface area contributed by atoms with Gasteiger partial charge in [0.05, 0.1) is 0 Å². The van der Waals surface area contributed by atoms with Gasteiger partial charge in [0, 0.05) is 0 Å². The van der Waals surface area contributed by atoms with E-state index in [2.05, 4.69) is 0 Å². The van der Waals surface area contributed by atoms with Gasteiger partial charge in [-0.2, -0.15) is 0 Å². The highest BCUT2D eigenvalue weighted by Crippen LogP contribution is 1.58. The van der Waals surface area contributed by atoms with Crippen LogP contribution in [0.15, 0.2) is 0 Å². The first-order valence-electron chi connectivity index (χ1n) is 1.51. The summed E-state index contributed by atoms with van der Waals surface area (Å²) >= 11 is 0. The molecule has 0 fully saturated rings. The highest BCUT2D eigenvalue weighted by atomic mass is 35.5. The van der Waals surface area contributed by atoms with Crippen LogP contribution in [-0.4, -0.2) is 17.4 Å². The second-order valence-electron chi connectivity index (χ2n) is 0.898. The third kappa shape index (κ3) is 3.38. The van der Waals surface area contributed by atoms with Gasteiger partial charge in [0.1, 0.15) is 0 Å². The van der Waals surface area contributed by atoms with E-state index in [-0.39, 0.29) is 18.8 Å². The molecule has 0 saturated heterocycles. The van der Waals surface area contributed by atoms with Gasteiger partial charge in [-0.15, -0.1) is 12.4 Å². The van der Waals surface area contributed by atoms with Crippen molar-refractivity contribution in [1.82, 2.24) is 5.01 Å². The van der Waals surface area contributed by atoms with E-state index in [1.54, 1.807) is 0 Å². The van der Waals surface area contributed by atoms with Crippen molar-refractivity contribution in [3.63, 3.8) is 0 Å². The molecule has 0 spiro atoms. The summed E-state index contributed by atoms with van der Waals surface area (Å²) in [5.41, 5.74) is 4.70. The molecule has 0 aromatic rings. The quantitative estimate of drug-likeness (QED) is 0.104. The van der Waals surface area contributed by atoms with Gasteiger partial charge in [-0.05, 0) is 0 Å². The van der Waals surface area contributed by atoms with Crippen LogP contribution >= 0.6 is 12.4 Å². The van der Waals surface area contributed by atoms with Crippen LogP contribution in [0.2, 0.25) is 0 Å². The van der Waals surface area contributed by atoms with Crippen LogP contribution in [0.25, 0.3) is 0 Å². The Morgan fingerprint density at radius 2 is 2.12 bits per heavy atom. The number of amides is 1. The van der Waals surface area contributed by atoms with Gasteiger partial charge in [-0.3, -0.25) is 10.2 Å². The zero-order valence-electron chi connectivity index (χ0n) is 4.00. The lowest BCUT2D eigenvalue weighted by Gasteiger charge is -2.03. The molecule has 0 radical (unpaired) electrons. The van der Waals surface area contributed by atoms with E-state index in [4.69, 9.17) is 17.0 Å². The number of carbonyl (C=O) groups is 1. The molecule has 0 aliphatic rings. The first-order chi connectivity index (χ1) is 3.18. The zero-order valence-corrected chi connectivity index (χ0v) is 4.81. The van der Waals surface area contributed by atoms with Gasteiger partial charge in [0.15, 0.2) is 0 Å². The summed E-state index contributed by atoms with van der Waals surface area (Å²) in [6, 6.07) is 0. The molecule has 5 nitrogen and oxygen atoms in total.